The van der Waals surface area contributed by atoms with E-state index in [9.17, 15) is 9.59 Å². The first-order valence-corrected chi connectivity index (χ1v) is 12.5. The third-order valence-electron chi connectivity index (χ3n) is 6.63. The zero-order valence-corrected chi connectivity index (χ0v) is 20.3. The summed E-state index contributed by atoms with van der Waals surface area (Å²) in [4.78, 5) is 32.4. The first-order chi connectivity index (χ1) is 15.5. The lowest BCUT2D eigenvalue weighted by molar-refractivity contribution is 0.0326. The normalized spacial score (nSPS) is 15.1. The number of aromatic nitrogens is 4. The van der Waals surface area contributed by atoms with E-state index in [2.05, 4.69) is 16.4 Å². The third kappa shape index (κ3) is 6.10. The van der Waals surface area contributed by atoms with Crippen LogP contribution in [0, 0.1) is 0 Å². The van der Waals surface area contributed by atoms with E-state index < -0.39 is 0 Å². The molecular weight excluding hydrogens is 406 g/mol. The molecule has 0 unspecified atom stereocenters. The molecular formula is C24H41N5O3. The van der Waals surface area contributed by atoms with Gasteiger partial charge in [-0.1, -0.05) is 64.7 Å². The zero-order valence-electron chi connectivity index (χ0n) is 20.3. The minimum absolute atomic E-state index is 0.254. The smallest absolute Gasteiger partial charge is 0.332 e. The van der Waals surface area contributed by atoms with Crippen molar-refractivity contribution in [3.8, 4) is 0 Å². The van der Waals surface area contributed by atoms with Crippen LogP contribution in [0.5, 0.6) is 0 Å². The van der Waals surface area contributed by atoms with Gasteiger partial charge in [-0.15, -0.1) is 0 Å². The Kier molecular flexibility index (Phi) is 9.53. The molecule has 0 bridgehead atoms. The number of rotatable bonds is 13. The summed E-state index contributed by atoms with van der Waals surface area (Å²) in [7, 11) is 3.24. The Morgan fingerprint density at radius 3 is 2.06 bits per heavy atom. The lowest BCUT2D eigenvalue weighted by atomic mass is 10.1. The van der Waals surface area contributed by atoms with Crippen LogP contribution in [0.4, 0.5) is 0 Å². The van der Waals surface area contributed by atoms with Crippen LogP contribution in [0.15, 0.2) is 9.59 Å². The van der Waals surface area contributed by atoms with Gasteiger partial charge in [0.05, 0.1) is 19.8 Å². The van der Waals surface area contributed by atoms with Crippen molar-refractivity contribution in [1.82, 2.24) is 23.6 Å². The molecule has 0 aliphatic carbocycles. The Hall–Kier alpha value is -1.93. The first-order valence-electron chi connectivity index (χ1n) is 12.5. The van der Waals surface area contributed by atoms with Gasteiger partial charge in [-0.25, -0.2) is 9.78 Å². The van der Waals surface area contributed by atoms with Gasteiger partial charge in [0.15, 0.2) is 11.2 Å². The standard InChI is InChI=1S/C24H41N5O3/c1-4-5-6-7-8-9-10-11-12-13-14-29-20(19-28-15-17-32-18-16-28)25-22-21(29)23(30)27(3)24(31)26(22)2/h4-19H2,1-3H3. The summed E-state index contributed by atoms with van der Waals surface area (Å²) in [5, 5.41) is 0. The summed E-state index contributed by atoms with van der Waals surface area (Å²) in [5.41, 5.74) is 0.460. The Bertz CT molecular complexity index is 969. The molecule has 0 atom stereocenters. The maximum absolute atomic E-state index is 13.0. The van der Waals surface area contributed by atoms with Crippen LogP contribution in [0.25, 0.3) is 11.2 Å². The molecule has 8 nitrogen and oxygen atoms in total. The minimum Gasteiger partial charge on any atom is -0.379 e. The van der Waals surface area contributed by atoms with E-state index in [0.717, 1.165) is 51.5 Å². The SMILES string of the molecule is CCCCCCCCCCCCn1c(CN2CCOCC2)nc2c1c(=O)n(C)c(=O)n2C. The van der Waals surface area contributed by atoms with E-state index in [1.165, 1.54) is 60.5 Å². The number of hydrogen-bond donors (Lipinski definition) is 0. The molecule has 0 radical (unpaired) electrons. The zero-order chi connectivity index (χ0) is 22.9. The molecule has 0 N–H and O–H groups in total. The topological polar surface area (TPSA) is 74.3 Å². The highest BCUT2D eigenvalue weighted by Gasteiger charge is 2.21. The number of hydrogen-bond acceptors (Lipinski definition) is 5. The second-order valence-electron chi connectivity index (χ2n) is 9.13. The molecule has 1 saturated heterocycles. The maximum atomic E-state index is 13.0. The molecule has 180 valence electrons. The summed E-state index contributed by atoms with van der Waals surface area (Å²) in [6.45, 7) is 6.85. The van der Waals surface area contributed by atoms with Crippen LogP contribution in [0.1, 0.15) is 77.0 Å². The van der Waals surface area contributed by atoms with Crippen molar-refractivity contribution in [3.05, 3.63) is 26.7 Å². The molecule has 1 aliphatic heterocycles. The average Bonchev–Trinajstić information content (AvgIpc) is 3.16. The van der Waals surface area contributed by atoms with E-state index in [1.54, 1.807) is 14.1 Å². The van der Waals surface area contributed by atoms with Crippen molar-refractivity contribution in [3.63, 3.8) is 0 Å². The van der Waals surface area contributed by atoms with Gasteiger partial charge in [-0.3, -0.25) is 18.8 Å². The lowest BCUT2D eigenvalue weighted by Crippen LogP contribution is -2.37. The number of nitrogens with zero attached hydrogens (tertiary/aromatic N) is 5. The van der Waals surface area contributed by atoms with E-state index in [4.69, 9.17) is 9.72 Å². The summed E-state index contributed by atoms with van der Waals surface area (Å²) in [5.74, 6) is 0.871. The number of unbranched alkanes of at least 4 members (excludes halogenated alkanes) is 9. The van der Waals surface area contributed by atoms with Gasteiger partial charge in [0.1, 0.15) is 5.82 Å². The molecule has 1 fully saturated rings. The first kappa shape index (κ1) is 24.7. The minimum atomic E-state index is -0.330. The fraction of sp³-hybridized carbons (Fsp3) is 0.792. The van der Waals surface area contributed by atoms with Crippen LogP contribution in [0.2, 0.25) is 0 Å². The summed E-state index contributed by atoms with van der Waals surface area (Å²) in [6, 6.07) is 0. The Balaban J connectivity index is 1.66. The summed E-state index contributed by atoms with van der Waals surface area (Å²) >= 11 is 0. The van der Waals surface area contributed by atoms with Gasteiger partial charge in [0.2, 0.25) is 0 Å². The van der Waals surface area contributed by atoms with Gasteiger partial charge < -0.3 is 9.30 Å². The molecule has 2 aromatic heterocycles. The largest absolute Gasteiger partial charge is 0.379 e. The molecule has 0 aromatic carbocycles. The monoisotopic (exact) mass is 447 g/mol. The highest BCUT2D eigenvalue weighted by Crippen LogP contribution is 2.17. The van der Waals surface area contributed by atoms with Crippen molar-refractivity contribution in [2.75, 3.05) is 26.3 Å². The third-order valence-corrected chi connectivity index (χ3v) is 6.63. The fourth-order valence-electron chi connectivity index (χ4n) is 4.57. The molecule has 0 amide bonds. The van der Waals surface area contributed by atoms with E-state index in [0.29, 0.717) is 17.7 Å². The molecule has 8 heteroatoms. The Morgan fingerprint density at radius 2 is 1.44 bits per heavy atom. The van der Waals surface area contributed by atoms with E-state index in [-0.39, 0.29) is 11.2 Å². The van der Waals surface area contributed by atoms with E-state index in [1.807, 2.05) is 0 Å². The second-order valence-corrected chi connectivity index (χ2v) is 9.13. The highest BCUT2D eigenvalue weighted by atomic mass is 16.5. The molecule has 2 aromatic rings. The molecule has 3 heterocycles. The van der Waals surface area contributed by atoms with Gasteiger partial charge in [0.25, 0.3) is 5.56 Å². The van der Waals surface area contributed by atoms with Crippen LogP contribution in [-0.4, -0.2) is 49.9 Å². The van der Waals surface area contributed by atoms with Crippen molar-refractivity contribution in [1.29, 1.82) is 0 Å². The molecule has 0 saturated carbocycles. The number of fused-ring (bicyclic) bond motifs is 1. The van der Waals surface area contributed by atoms with Gasteiger partial charge in [-0.2, -0.15) is 0 Å². The highest BCUT2D eigenvalue weighted by molar-refractivity contribution is 5.71. The predicted molar refractivity (Wildman–Crippen MR) is 128 cm³/mol. The predicted octanol–water partition coefficient (Wildman–Crippen LogP) is 3.19. The van der Waals surface area contributed by atoms with E-state index >= 15 is 0 Å². The second kappa shape index (κ2) is 12.3. The van der Waals surface area contributed by atoms with Crippen molar-refractivity contribution in [2.24, 2.45) is 14.1 Å². The number of aryl methyl sites for hydroxylation is 2. The Labute approximate surface area is 191 Å². The molecule has 0 spiro atoms. The lowest BCUT2D eigenvalue weighted by Gasteiger charge is -2.26. The van der Waals surface area contributed by atoms with Crippen LogP contribution >= 0.6 is 0 Å². The number of ether oxygens (including phenoxy) is 1. The fourth-order valence-corrected chi connectivity index (χ4v) is 4.57. The average molecular weight is 448 g/mol. The maximum Gasteiger partial charge on any atom is 0.332 e. The van der Waals surface area contributed by atoms with Crippen LogP contribution in [-0.2, 0) is 31.9 Å². The van der Waals surface area contributed by atoms with Gasteiger partial charge in [0, 0.05) is 33.7 Å². The molecule has 32 heavy (non-hydrogen) atoms. The van der Waals surface area contributed by atoms with Crippen molar-refractivity contribution >= 4 is 11.2 Å². The van der Waals surface area contributed by atoms with Crippen LogP contribution in [0.3, 0.4) is 0 Å². The van der Waals surface area contributed by atoms with Crippen LogP contribution < -0.4 is 11.2 Å². The van der Waals surface area contributed by atoms with Gasteiger partial charge in [-0.05, 0) is 6.42 Å². The number of imidazole rings is 1. The summed E-state index contributed by atoms with van der Waals surface area (Å²) in [6.07, 6.45) is 12.7. The molecule has 3 rings (SSSR count). The molecule has 1 aliphatic rings. The number of morpholine rings is 1. The summed E-state index contributed by atoms with van der Waals surface area (Å²) < 4.78 is 10.2. The Morgan fingerprint density at radius 1 is 0.844 bits per heavy atom. The van der Waals surface area contributed by atoms with Gasteiger partial charge >= 0.3 is 5.69 Å². The van der Waals surface area contributed by atoms with Crippen molar-refractivity contribution in [2.45, 2.75) is 84.2 Å². The van der Waals surface area contributed by atoms with Crippen molar-refractivity contribution < 1.29 is 4.74 Å². The quantitative estimate of drug-likeness (QED) is 0.441.